The van der Waals surface area contributed by atoms with E-state index >= 15 is 0 Å². The highest BCUT2D eigenvalue weighted by Crippen LogP contribution is 2.33. The van der Waals surface area contributed by atoms with E-state index in [-0.39, 0.29) is 0 Å². The molecule has 0 unspecified atom stereocenters. The molecule has 0 radical (unpaired) electrons. The topological polar surface area (TPSA) is 17.8 Å². The largest absolute Gasteiger partial charge is 0.264 e. The molecular weight excluding hydrogens is 276 g/mol. The molecule has 0 bridgehead atoms. The van der Waals surface area contributed by atoms with Gasteiger partial charge in [-0.05, 0) is 41.8 Å². The Balaban J connectivity index is 2.66. The molecule has 0 aliphatic carbocycles. The lowest BCUT2D eigenvalue weighted by Gasteiger charge is -2.08. The Kier molecular flexibility index (Phi) is 3.67. The molecule has 0 fully saturated rings. The molecule has 0 spiro atoms. The van der Waals surface area contributed by atoms with Crippen molar-refractivity contribution in [3.05, 3.63) is 40.0 Å². The van der Waals surface area contributed by atoms with Crippen molar-refractivity contribution in [3.63, 3.8) is 0 Å². The fourth-order valence-electron chi connectivity index (χ4n) is 2.04. The summed E-state index contributed by atoms with van der Waals surface area (Å²) < 4.78 is 3.21. The molecule has 2 nitrogen and oxygen atoms in total. The molecule has 0 saturated heterocycles. The zero-order valence-corrected chi connectivity index (χ0v) is 12.1. The van der Waals surface area contributed by atoms with Crippen molar-refractivity contribution >= 4 is 15.9 Å². The van der Waals surface area contributed by atoms with Gasteiger partial charge < -0.3 is 0 Å². The van der Waals surface area contributed by atoms with Crippen molar-refractivity contribution in [1.82, 2.24) is 9.78 Å². The number of hydrogen-bond acceptors (Lipinski definition) is 1. The Bertz CT molecular complexity index is 529. The maximum absolute atomic E-state index is 4.63. The highest BCUT2D eigenvalue weighted by Gasteiger charge is 2.16. The maximum Gasteiger partial charge on any atom is 0.0830 e. The molecule has 0 saturated carbocycles. The Morgan fingerprint density at radius 3 is 2.53 bits per heavy atom. The second-order valence-corrected chi connectivity index (χ2v) is 4.89. The van der Waals surface area contributed by atoms with Crippen molar-refractivity contribution in [2.75, 3.05) is 0 Å². The van der Waals surface area contributed by atoms with Crippen molar-refractivity contribution in [2.24, 2.45) is 0 Å². The predicted molar refractivity (Wildman–Crippen MR) is 75.2 cm³/mol. The van der Waals surface area contributed by atoms with E-state index in [0.717, 1.165) is 23.1 Å². The minimum Gasteiger partial charge on any atom is -0.264 e. The zero-order valence-electron chi connectivity index (χ0n) is 10.5. The number of nitrogens with zero attached hydrogens (tertiary/aromatic N) is 2. The normalized spacial score (nSPS) is 10.8. The molecule has 3 heteroatoms. The van der Waals surface area contributed by atoms with Gasteiger partial charge in [-0.15, -0.1) is 0 Å². The van der Waals surface area contributed by atoms with Crippen molar-refractivity contribution < 1.29 is 0 Å². The average Bonchev–Trinajstić information content (AvgIpc) is 2.66. The lowest BCUT2D eigenvalue weighted by atomic mass is 10.1. The highest BCUT2D eigenvalue weighted by atomic mass is 79.9. The standard InChI is InChI=1S/C14H17BrN2/c1-4-12-13(15)14(17(5-2)16-12)11-9-7-6-8-10(11)3/h6-9H,4-5H2,1-3H3. The van der Waals surface area contributed by atoms with E-state index in [2.05, 4.69) is 70.7 Å². The molecule has 17 heavy (non-hydrogen) atoms. The summed E-state index contributed by atoms with van der Waals surface area (Å²) in [5.74, 6) is 0. The number of rotatable bonds is 3. The summed E-state index contributed by atoms with van der Waals surface area (Å²) in [6.45, 7) is 7.29. The van der Waals surface area contributed by atoms with E-state index in [1.807, 2.05) is 0 Å². The monoisotopic (exact) mass is 292 g/mol. The van der Waals surface area contributed by atoms with Crippen molar-refractivity contribution in [2.45, 2.75) is 33.7 Å². The van der Waals surface area contributed by atoms with Crippen LogP contribution in [0.2, 0.25) is 0 Å². The summed E-state index contributed by atoms with van der Waals surface area (Å²) in [7, 11) is 0. The zero-order chi connectivity index (χ0) is 12.4. The first-order chi connectivity index (χ1) is 8.19. The molecule has 1 aromatic carbocycles. The van der Waals surface area contributed by atoms with Crippen LogP contribution in [0.25, 0.3) is 11.3 Å². The van der Waals surface area contributed by atoms with Gasteiger partial charge in [0.2, 0.25) is 0 Å². The molecule has 0 N–H and O–H groups in total. The summed E-state index contributed by atoms with van der Waals surface area (Å²) >= 11 is 3.69. The Hall–Kier alpha value is -1.09. The number of aromatic nitrogens is 2. The predicted octanol–water partition coefficient (Wildman–Crippen LogP) is 4.20. The SMILES string of the molecule is CCc1nn(CC)c(-c2ccccc2C)c1Br. The van der Waals surface area contributed by atoms with Gasteiger partial charge in [0.1, 0.15) is 0 Å². The molecular formula is C14H17BrN2. The molecule has 2 aromatic rings. The molecule has 1 heterocycles. The van der Waals surface area contributed by atoms with Crippen LogP contribution >= 0.6 is 15.9 Å². The molecule has 0 amide bonds. The van der Waals surface area contributed by atoms with E-state index < -0.39 is 0 Å². The first-order valence-corrected chi connectivity index (χ1v) is 6.79. The van der Waals surface area contributed by atoms with Crippen LogP contribution in [0.4, 0.5) is 0 Å². The van der Waals surface area contributed by atoms with Crippen molar-refractivity contribution in [3.8, 4) is 11.3 Å². The molecule has 2 rings (SSSR count). The van der Waals surface area contributed by atoms with Crippen LogP contribution in [0, 0.1) is 6.92 Å². The number of aryl methyl sites for hydroxylation is 3. The minimum atomic E-state index is 0.891. The summed E-state index contributed by atoms with van der Waals surface area (Å²) in [5.41, 5.74) is 4.87. The smallest absolute Gasteiger partial charge is 0.0830 e. The third-order valence-electron chi connectivity index (χ3n) is 3.00. The molecule has 90 valence electrons. The lowest BCUT2D eigenvalue weighted by molar-refractivity contribution is 0.655. The van der Waals surface area contributed by atoms with Gasteiger partial charge in [-0.2, -0.15) is 5.10 Å². The summed E-state index contributed by atoms with van der Waals surface area (Å²) in [6, 6.07) is 8.44. The molecule has 0 atom stereocenters. The van der Waals surface area contributed by atoms with Crippen LogP contribution in [-0.4, -0.2) is 9.78 Å². The molecule has 0 aliphatic heterocycles. The molecule has 0 aliphatic rings. The van der Waals surface area contributed by atoms with Crippen LogP contribution in [0.1, 0.15) is 25.1 Å². The van der Waals surface area contributed by atoms with Crippen LogP contribution in [-0.2, 0) is 13.0 Å². The highest BCUT2D eigenvalue weighted by molar-refractivity contribution is 9.10. The van der Waals surface area contributed by atoms with E-state index in [1.54, 1.807) is 0 Å². The third kappa shape index (κ3) is 2.16. The van der Waals surface area contributed by atoms with Crippen LogP contribution < -0.4 is 0 Å². The van der Waals surface area contributed by atoms with Crippen LogP contribution in [0.5, 0.6) is 0 Å². The Labute approximate surface area is 111 Å². The van der Waals surface area contributed by atoms with E-state index in [9.17, 15) is 0 Å². The minimum absolute atomic E-state index is 0.891. The van der Waals surface area contributed by atoms with Crippen LogP contribution in [0.15, 0.2) is 28.7 Å². The first-order valence-electron chi connectivity index (χ1n) is 6.00. The second kappa shape index (κ2) is 5.05. The quantitative estimate of drug-likeness (QED) is 0.829. The third-order valence-corrected chi connectivity index (χ3v) is 3.83. The number of benzene rings is 1. The van der Waals surface area contributed by atoms with E-state index in [4.69, 9.17) is 0 Å². The number of hydrogen-bond donors (Lipinski definition) is 0. The van der Waals surface area contributed by atoms with Gasteiger partial charge in [-0.1, -0.05) is 31.2 Å². The van der Waals surface area contributed by atoms with Crippen molar-refractivity contribution in [1.29, 1.82) is 0 Å². The van der Waals surface area contributed by atoms with Gasteiger partial charge >= 0.3 is 0 Å². The first kappa shape index (κ1) is 12.4. The fraction of sp³-hybridized carbons (Fsp3) is 0.357. The fourth-order valence-corrected chi connectivity index (χ4v) is 2.82. The van der Waals surface area contributed by atoms with Gasteiger partial charge in [0.15, 0.2) is 0 Å². The van der Waals surface area contributed by atoms with E-state index in [1.165, 1.54) is 16.8 Å². The van der Waals surface area contributed by atoms with E-state index in [0.29, 0.717) is 0 Å². The summed E-state index contributed by atoms with van der Waals surface area (Å²) in [5, 5.41) is 4.63. The average molecular weight is 293 g/mol. The summed E-state index contributed by atoms with van der Waals surface area (Å²) in [4.78, 5) is 0. The summed E-state index contributed by atoms with van der Waals surface area (Å²) in [6.07, 6.45) is 0.951. The van der Waals surface area contributed by atoms with Gasteiger partial charge in [0, 0.05) is 12.1 Å². The Morgan fingerprint density at radius 1 is 1.24 bits per heavy atom. The van der Waals surface area contributed by atoms with Gasteiger partial charge in [-0.25, -0.2) is 0 Å². The molecule has 1 aromatic heterocycles. The second-order valence-electron chi connectivity index (χ2n) is 4.09. The van der Waals surface area contributed by atoms with Crippen LogP contribution in [0.3, 0.4) is 0 Å². The number of halogens is 1. The maximum atomic E-state index is 4.63. The van der Waals surface area contributed by atoms with Gasteiger partial charge in [-0.3, -0.25) is 4.68 Å². The van der Waals surface area contributed by atoms with Gasteiger partial charge in [0.05, 0.1) is 15.9 Å². The van der Waals surface area contributed by atoms with Gasteiger partial charge in [0.25, 0.3) is 0 Å². The Morgan fingerprint density at radius 2 is 1.94 bits per heavy atom. The lowest BCUT2D eigenvalue weighted by Crippen LogP contribution is -2.00.